The maximum atomic E-state index is 11.7. The number of hydrogen-bond donors (Lipinski definition) is 1. The molecule has 0 aromatic rings. The Morgan fingerprint density at radius 2 is 2.12 bits per heavy atom. The van der Waals surface area contributed by atoms with E-state index in [1.807, 2.05) is 6.92 Å². The van der Waals surface area contributed by atoms with Crippen LogP contribution in [0, 0.1) is 0 Å². The summed E-state index contributed by atoms with van der Waals surface area (Å²) in [7, 11) is -3.00. The Balaban J connectivity index is 0.00000225. The lowest BCUT2D eigenvalue weighted by molar-refractivity contribution is -0.132. The number of hydrogen-bond acceptors (Lipinski definition) is 4. The number of sulfone groups is 1. The molecule has 1 saturated heterocycles. The fourth-order valence-electron chi connectivity index (χ4n) is 1.56. The van der Waals surface area contributed by atoms with Crippen LogP contribution in [0.25, 0.3) is 0 Å². The fourth-order valence-corrected chi connectivity index (χ4v) is 2.85. The summed E-state index contributed by atoms with van der Waals surface area (Å²) < 4.78 is 22.8. The highest BCUT2D eigenvalue weighted by atomic mass is 35.5. The Hall–Kier alpha value is -0.330. The van der Waals surface area contributed by atoms with E-state index >= 15 is 0 Å². The van der Waals surface area contributed by atoms with Gasteiger partial charge in [0.1, 0.15) is 0 Å². The number of halogens is 1. The van der Waals surface area contributed by atoms with Crippen LogP contribution in [-0.2, 0) is 14.6 Å². The number of nitrogens with two attached hydrogens (primary N) is 1. The van der Waals surface area contributed by atoms with Gasteiger partial charge in [-0.15, -0.1) is 12.4 Å². The van der Waals surface area contributed by atoms with Gasteiger partial charge < -0.3 is 10.6 Å². The summed E-state index contributed by atoms with van der Waals surface area (Å²) in [4.78, 5) is 13.2. The third kappa shape index (κ3) is 3.33. The van der Waals surface area contributed by atoms with E-state index in [4.69, 9.17) is 5.73 Å². The van der Waals surface area contributed by atoms with E-state index < -0.39 is 21.1 Å². The molecule has 5 nitrogen and oxygen atoms in total. The first kappa shape index (κ1) is 15.7. The molecule has 0 radical (unpaired) electrons. The molecule has 7 heteroatoms. The average Bonchev–Trinajstić information content (AvgIpc) is 2.20. The van der Waals surface area contributed by atoms with E-state index in [9.17, 15) is 13.2 Å². The van der Waals surface area contributed by atoms with E-state index in [1.54, 1.807) is 11.8 Å². The molecule has 0 aliphatic carbocycles. The first-order valence-electron chi connectivity index (χ1n) is 5.14. The van der Waals surface area contributed by atoms with Gasteiger partial charge in [-0.05, 0) is 13.3 Å². The molecule has 1 unspecified atom stereocenters. The van der Waals surface area contributed by atoms with E-state index in [2.05, 4.69) is 0 Å². The minimum atomic E-state index is -3.00. The second-order valence-corrected chi connectivity index (χ2v) is 6.52. The smallest absolute Gasteiger partial charge is 0.239 e. The third-order valence-corrected chi connectivity index (χ3v) is 4.93. The molecule has 1 aliphatic rings. The largest absolute Gasteiger partial charge is 0.339 e. The van der Waals surface area contributed by atoms with Crippen LogP contribution in [0.5, 0.6) is 0 Å². The second-order valence-electron chi connectivity index (χ2n) is 3.98. The minimum absolute atomic E-state index is 0. The molecular weight excluding hydrogens is 252 g/mol. The number of rotatable bonds is 2. The number of amides is 1. The Labute approximate surface area is 103 Å². The van der Waals surface area contributed by atoms with Crippen molar-refractivity contribution in [3.05, 3.63) is 0 Å². The third-order valence-electron chi connectivity index (χ3n) is 2.80. The Morgan fingerprint density at radius 1 is 1.56 bits per heavy atom. The summed E-state index contributed by atoms with van der Waals surface area (Å²) >= 11 is 0. The molecule has 1 heterocycles. The van der Waals surface area contributed by atoms with Crippen molar-refractivity contribution in [2.24, 2.45) is 5.73 Å². The van der Waals surface area contributed by atoms with Crippen LogP contribution in [0.4, 0.5) is 0 Å². The predicted octanol–water partition coefficient (Wildman–Crippen LogP) is -0.209. The molecule has 0 bridgehead atoms. The summed E-state index contributed by atoms with van der Waals surface area (Å²) in [5.74, 6) is -0.0877. The Bertz CT molecular complexity index is 345. The van der Waals surface area contributed by atoms with Gasteiger partial charge in [0.25, 0.3) is 0 Å². The highest BCUT2D eigenvalue weighted by Crippen LogP contribution is 2.12. The highest BCUT2D eigenvalue weighted by molar-refractivity contribution is 7.92. The molecule has 2 atom stereocenters. The van der Waals surface area contributed by atoms with Gasteiger partial charge in [-0.3, -0.25) is 4.79 Å². The van der Waals surface area contributed by atoms with Crippen molar-refractivity contribution in [3.63, 3.8) is 0 Å². The zero-order chi connectivity index (χ0) is 11.6. The standard InChI is InChI=1S/C9H18N2O3S.ClH/c1-3-8(10)9(12)11-4-5-15(13,14)7(2)6-11;/h7-8H,3-6,10H2,1-2H3;1H/t7?,8-;/m0./s1. The zero-order valence-corrected chi connectivity index (χ0v) is 11.2. The Kier molecular flexibility index (Phi) is 5.72. The second kappa shape index (κ2) is 5.84. The van der Waals surface area contributed by atoms with Crippen LogP contribution in [0.15, 0.2) is 0 Å². The van der Waals surface area contributed by atoms with Gasteiger partial charge in [-0.25, -0.2) is 8.42 Å². The van der Waals surface area contributed by atoms with Crippen molar-refractivity contribution in [1.29, 1.82) is 0 Å². The first-order chi connectivity index (χ1) is 6.88. The SMILES string of the molecule is CC[C@H](N)C(=O)N1CCS(=O)(=O)C(C)C1.Cl. The van der Waals surface area contributed by atoms with Crippen molar-refractivity contribution in [1.82, 2.24) is 4.90 Å². The molecule has 1 fully saturated rings. The molecule has 1 amide bonds. The molecule has 16 heavy (non-hydrogen) atoms. The summed E-state index contributed by atoms with van der Waals surface area (Å²) in [6.07, 6.45) is 0.580. The van der Waals surface area contributed by atoms with Gasteiger partial charge in [-0.2, -0.15) is 0 Å². The summed E-state index contributed by atoms with van der Waals surface area (Å²) in [6, 6.07) is -0.502. The Morgan fingerprint density at radius 3 is 2.56 bits per heavy atom. The van der Waals surface area contributed by atoms with E-state index in [1.165, 1.54) is 0 Å². The molecule has 0 saturated carbocycles. The van der Waals surface area contributed by atoms with Crippen molar-refractivity contribution in [3.8, 4) is 0 Å². The maximum absolute atomic E-state index is 11.7. The monoisotopic (exact) mass is 270 g/mol. The zero-order valence-electron chi connectivity index (χ0n) is 9.55. The lowest BCUT2D eigenvalue weighted by Crippen LogP contribution is -2.52. The van der Waals surface area contributed by atoms with E-state index in [0.29, 0.717) is 6.42 Å². The lowest BCUT2D eigenvalue weighted by atomic mass is 10.2. The van der Waals surface area contributed by atoms with Crippen molar-refractivity contribution in [2.75, 3.05) is 18.8 Å². The quantitative estimate of drug-likeness (QED) is 0.753. The maximum Gasteiger partial charge on any atom is 0.239 e. The first-order valence-corrected chi connectivity index (χ1v) is 6.86. The molecule has 0 spiro atoms. The molecule has 1 aliphatic heterocycles. The molecule has 96 valence electrons. The van der Waals surface area contributed by atoms with Gasteiger partial charge in [0.2, 0.25) is 5.91 Å². The van der Waals surface area contributed by atoms with Crippen molar-refractivity contribution >= 4 is 28.2 Å². The molecule has 1 rings (SSSR count). The molecule has 0 aromatic carbocycles. The number of nitrogens with zero attached hydrogens (tertiary/aromatic N) is 1. The van der Waals surface area contributed by atoms with Crippen LogP contribution in [0.2, 0.25) is 0 Å². The van der Waals surface area contributed by atoms with Gasteiger partial charge >= 0.3 is 0 Å². The van der Waals surface area contributed by atoms with Crippen LogP contribution in [0.1, 0.15) is 20.3 Å². The normalized spacial score (nSPS) is 25.7. The summed E-state index contributed by atoms with van der Waals surface area (Å²) in [5.41, 5.74) is 5.62. The minimum Gasteiger partial charge on any atom is -0.339 e. The number of carbonyl (C=O) groups excluding carboxylic acids is 1. The van der Waals surface area contributed by atoms with Crippen LogP contribution in [-0.4, -0.2) is 49.4 Å². The highest BCUT2D eigenvalue weighted by Gasteiger charge is 2.32. The predicted molar refractivity (Wildman–Crippen MR) is 65.3 cm³/mol. The molecule has 0 aromatic heterocycles. The van der Waals surface area contributed by atoms with Gasteiger partial charge in [0.05, 0.1) is 17.0 Å². The molecular formula is C9H19ClN2O3S. The summed E-state index contributed by atoms with van der Waals surface area (Å²) in [5, 5.41) is -0.473. The van der Waals surface area contributed by atoms with Gasteiger partial charge in [0, 0.05) is 13.1 Å². The van der Waals surface area contributed by atoms with Gasteiger partial charge in [0.15, 0.2) is 9.84 Å². The topological polar surface area (TPSA) is 80.5 Å². The van der Waals surface area contributed by atoms with Crippen LogP contribution >= 0.6 is 12.4 Å². The lowest BCUT2D eigenvalue weighted by Gasteiger charge is -2.32. The van der Waals surface area contributed by atoms with Crippen LogP contribution < -0.4 is 5.73 Å². The van der Waals surface area contributed by atoms with Crippen molar-refractivity contribution in [2.45, 2.75) is 31.6 Å². The van der Waals surface area contributed by atoms with Crippen LogP contribution in [0.3, 0.4) is 0 Å². The van der Waals surface area contributed by atoms with E-state index in [0.717, 1.165) is 0 Å². The number of carbonyl (C=O) groups is 1. The summed E-state index contributed by atoms with van der Waals surface area (Å²) in [6.45, 7) is 4.02. The average molecular weight is 271 g/mol. The molecule has 2 N–H and O–H groups in total. The van der Waals surface area contributed by atoms with Crippen molar-refractivity contribution < 1.29 is 13.2 Å². The van der Waals surface area contributed by atoms with Gasteiger partial charge in [-0.1, -0.05) is 6.92 Å². The fraction of sp³-hybridized carbons (Fsp3) is 0.889. The van der Waals surface area contributed by atoms with E-state index in [-0.39, 0.29) is 37.2 Å².